The molecule has 11 heavy (non-hydrogen) atoms. The summed E-state index contributed by atoms with van der Waals surface area (Å²) in [5.41, 5.74) is 0. The van der Waals surface area contributed by atoms with Crippen LogP contribution in [0.5, 0.6) is 0 Å². The predicted octanol–water partition coefficient (Wildman–Crippen LogP) is 1.41. The van der Waals surface area contributed by atoms with Crippen molar-refractivity contribution in [3.05, 3.63) is 6.61 Å². The first kappa shape index (κ1) is 15.1. The van der Waals surface area contributed by atoms with Gasteiger partial charge in [0.05, 0.1) is 6.61 Å². The van der Waals surface area contributed by atoms with E-state index >= 15 is 0 Å². The van der Waals surface area contributed by atoms with Crippen molar-refractivity contribution in [3.63, 3.8) is 0 Å². The molecule has 0 radical (unpaired) electrons. The summed E-state index contributed by atoms with van der Waals surface area (Å²) in [6, 6.07) is 0. The molecular weight excluding hydrogens is 544 g/mol. The van der Waals surface area contributed by atoms with Gasteiger partial charge in [0, 0.05) is 65.3 Å². The summed E-state index contributed by atoms with van der Waals surface area (Å²) in [6.07, 6.45) is 0. The van der Waals surface area contributed by atoms with Gasteiger partial charge in [0.1, 0.15) is 0 Å². The van der Waals surface area contributed by atoms with Crippen LogP contribution in [0.2, 0.25) is 0 Å². The zero-order chi connectivity index (χ0) is 7.98. The van der Waals surface area contributed by atoms with Gasteiger partial charge in [-0.25, -0.2) is 0 Å². The van der Waals surface area contributed by atoms with Crippen LogP contribution in [-0.4, -0.2) is 31.0 Å². The number of carbonyl (C=O) groups excluding carboxylic acids is 1. The molecule has 1 heterocycles. The molecule has 1 aliphatic rings. The van der Waals surface area contributed by atoms with Crippen molar-refractivity contribution in [1.82, 2.24) is 4.90 Å². The van der Waals surface area contributed by atoms with E-state index in [0.29, 0.717) is 6.54 Å². The summed E-state index contributed by atoms with van der Waals surface area (Å²) in [6.45, 7) is 2.44. The molecule has 3 nitrogen and oxygen atoms in total. The normalized spacial score (nSPS) is 16.3. The third kappa shape index (κ3) is 6.71. The van der Waals surface area contributed by atoms with Crippen LogP contribution in [0, 0.1) is 6.61 Å². The molecule has 1 rings (SSSR count). The summed E-state index contributed by atoms with van der Waals surface area (Å²) < 4.78 is 4.74. The van der Waals surface area contributed by atoms with E-state index in [1.165, 1.54) is 0 Å². The molecule has 0 N–H and O–H groups in total. The second-order valence-corrected chi connectivity index (χ2v) is 1.75. The number of amides is 1. The van der Waals surface area contributed by atoms with Crippen molar-refractivity contribution in [2.45, 2.75) is 0 Å². The molecule has 0 aliphatic carbocycles. The van der Waals surface area contributed by atoms with Gasteiger partial charge in [-0.05, 0) is 0 Å². The van der Waals surface area contributed by atoms with E-state index in [-0.39, 0.29) is 33.6 Å². The molecule has 1 amide bonds. The van der Waals surface area contributed by atoms with Crippen LogP contribution in [0.3, 0.4) is 0 Å². The molecule has 66 valence electrons. The Hall–Kier alpha value is 1.58. The second kappa shape index (κ2) is 9.66. The van der Waals surface area contributed by atoms with Gasteiger partial charge in [0.25, 0.3) is 0 Å². The molecule has 0 unspecified atom stereocenters. The van der Waals surface area contributed by atoms with E-state index in [1.807, 2.05) is 0 Å². The number of hydrogen-bond acceptors (Lipinski definition) is 2. The van der Waals surface area contributed by atoms with Gasteiger partial charge >= 0.3 is 0 Å². The van der Waals surface area contributed by atoms with Crippen LogP contribution in [-0.2, 0) is 30.6 Å². The molecule has 0 aromatic rings. The maximum Gasteiger partial charge on any atom is 0.242 e. The molecule has 0 atom stereocenters. The number of hydrogen-bond donors (Lipinski definition) is 0. The average molecular weight is 552 g/mol. The van der Waals surface area contributed by atoms with E-state index in [2.05, 4.69) is 37.2 Å². The zero-order valence-corrected chi connectivity index (χ0v) is 13.2. The minimum atomic E-state index is 0. The van der Waals surface area contributed by atoms with Gasteiger partial charge in [0.2, 0.25) is 5.91 Å². The van der Waals surface area contributed by atoms with Crippen molar-refractivity contribution in [3.8, 4) is 0 Å². The maximum absolute atomic E-state index is 10.6. The fourth-order valence-corrected chi connectivity index (χ4v) is 0.507. The number of nitrogens with zero attached hydrogens (tertiary/aromatic N) is 1. The van der Waals surface area contributed by atoms with Crippen molar-refractivity contribution in [1.29, 1.82) is 0 Å². The van der Waals surface area contributed by atoms with E-state index < -0.39 is 0 Å². The Morgan fingerprint density at radius 2 is 2.18 bits per heavy atom. The number of halogens is 2. The predicted molar refractivity (Wildman–Crippen MR) is 55.9 cm³/mol. The minimum Gasteiger partial charge on any atom is -0.543 e. The fourth-order valence-electron chi connectivity index (χ4n) is 0.507. The number of morpholine rings is 1. The van der Waals surface area contributed by atoms with E-state index in [4.69, 9.17) is 4.74 Å². The zero-order valence-electron chi connectivity index (χ0n) is 5.92. The van der Waals surface area contributed by atoms with E-state index in [1.54, 1.807) is 18.6 Å². The van der Waals surface area contributed by atoms with Crippen LogP contribution in [0.4, 0.5) is 0 Å². The third-order valence-electron chi connectivity index (χ3n) is 1.10. The summed E-state index contributed by atoms with van der Waals surface area (Å²) in [7, 11) is 1.75. The fraction of sp³-hybridized carbons (Fsp3) is 0.600. The second-order valence-electron chi connectivity index (χ2n) is 1.75. The van der Waals surface area contributed by atoms with E-state index in [0.717, 1.165) is 0 Å². The Morgan fingerprint density at radius 1 is 1.64 bits per heavy atom. The monoisotopic (exact) mass is 552 g/mol. The van der Waals surface area contributed by atoms with Gasteiger partial charge in [-0.1, -0.05) is 6.54 Å². The van der Waals surface area contributed by atoms with Crippen LogP contribution in [0.15, 0.2) is 0 Å². The topological polar surface area (TPSA) is 29.5 Å². The number of likely N-dealkylation sites (N-methyl/N-ethyl adjacent to an activating group) is 1. The van der Waals surface area contributed by atoms with Crippen LogP contribution in [0.25, 0.3) is 0 Å². The molecule has 1 saturated heterocycles. The molecule has 0 aromatic carbocycles. The Kier molecular flexibility index (Phi) is 13.2. The first-order chi connectivity index (χ1) is 4.80. The van der Waals surface area contributed by atoms with Crippen molar-refractivity contribution >= 4 is 43.1 Å². The van der Waals surface area contributed by atoms with Crippen LogP contribution < -0.4 is 0 Å². The molecule has 0 bridgehead atoms. The number of carbonyl (C=O) groups is 1. The van der Waals surface area contributed by atoms with Gasteiger partial charge in [-0.3, -0.25) is 4.79 Å². The van der Waals surface area contributed by atoms with Gasteiger partial charge in [-0.15, -0.1) is 0 Å². The Balaban J connectivity index is 0. The molecule has 0 saturated carbocycles. The van der Waals surface area contributed by atoms with Gasteiger partial charge < -0.3 is 9.64 Å². The summed E-state index contributed by atoms with van der Waals surface area (Å²) in [4.78, 5) is 12.2. The molecule has 0 spiro atoms. The molecule has 1 fully saturated rings. The first-order valence-electron chi connectivity index (χ1n) is 2.62. The average Bonchev–Trinajstić information content (AvgIpc) is 2.00. The molecular formula is C5H8I2NO2W-. The van der Waals surface area contributed by atoms with Crippen LogP contribution in [0.1, 0.15) is 0 Å². The smallest absolute Gasteiger partial charge is 0.242 e. The standard InChI is InChI=1S/C5H8NO2.I2.W/c1-6-2-3-8-4-5(6)7;1-2;/h3H,2,4H2,1H3;;/q-1;;. The summed E-state index contributed by atoms with van der Waals surface area (Å²) in [5.74, 6) is 0.0486. The van der Waals surface area contributed by atoms with E-state index in [9.17, 15) is 4.79 Å². The van der Waals surface area contributed by atoms with Crippen molar-refractivity contribution in [2.24, 2.45) is 0 Å². The molecule has 1 aliphatic heterocycles. The Labute approximate surface area is 104 Å². The van der Waals surface area contributed by atoms with Gasteiger partial charge in [0.15, 0.2) is 0 Å². The largest absolute Gasteiger partial charge is 0.543 e. The number of ether oxygens (including phenoxy) is 1. The molecule has 6 heteroatoms. The Bertz CT molecular complexity index is 115. The number of rotatable bonds is 0. The maximum atomic E-state index is 10.6. The Morgan fingerprint density at radius 3 is 2.45 bits per heavy atom. The van der Waals surface area contributed by atoms with Gasteiger partial charge in [-0.2, -0.15) is 6.61 Å². The van der Waals surface area contributed by atoms with Crippen molar-refractivity contribution < 1.29 is 30.6 Å². The first-order valence-corrected chi connectivity index (χ1v) is 8.91. The SMILES string of the molecule is CN1C[CH-]OCC1=O.II.[W]. The quantitative estimate of drug-likeness (QED) is 0.337. The summed E-state index contributed by atoms with van der Waals surface area (Å²) in [5, 5.41) is 0. The van der Waals surface area contributed by atoms with Crippen LogP contribution >= 0.6 is 37.2 Å². The minimum absolute atomic E-state index is 0. The summed E-state index contributed by atoms with van der Waals surface area (Å²) >= 11 is 4.24. The molecule has 0 aromatic heterocycles. The third-order valence-corrected chi connectivity index (χ3v) is 1.10. The van der Waals surface area contributed by atoms with Crippen molar-refractivity contribution in [2.75, 3.05) is 20.2 Å².